The molecule has 4 rings (SSSR count). The third-order valence-corrected chi connectivity index (χ3v) is 5.97. The van der Waals surface area contributed by atoms with Gasteiger partial charge in [0, 0.05) is 16.4 Å². The standard InChI is InChI=1S/C23H20ClN3O2S/c24-17-9-7-16(8-10-17)11-12-25-22(28)15-27-20-5-2-1-4-18(20)26-19(14-23(27)29)21-6-3-13-30-21/h1-10,13H,11-12,14-15H2,(H,25,28). The number of hydrogen-bond acceptors (Lipinski definition) is 4. The van der Waals surface area contributed by atoms with Gasteiger partial charge in [-0.1, -0.05) is 41.9 Å². The van der Waals surface area contributed by atoms with Gasteiger partial charge in [0.05, 0.1) is 23.5 Å². The Morgan fingerprint density at radius 3 is 2.67 bits per heavy atom. The second-order valence-corrected chi connectivity index (χ2v) is 8.29. The van der Waals surface area contributed by atoms with E-state index >= 15 is 0 Å². The molecule has 3 aromatic rings. The Kier molecular flexibility index (Phi) is 6.26. The van der Waals surface area contributed by atoms with Gasteiger partial charge >= 0.3 is 0 Å². The third-order valence-electron chi connectivity index (χ3n) is 4.80. The van der Waals surface area contributed by atoms with Crippen LogP contribution in [0.25, 0.3) is 0 Å². The van der Waals surface area contributed by atoms with Gasteiger partial charge in [0.2, 0.25) is 11.8 Å². The molecular formula is C23H20ClN3O2S. The van der Waals surface area contributed by atoms with Crippen LogP contribution in [0.2, 0.25) is 5.02 Å². The lowest BCUT2D eigenvalue weighted by molar-refractivity contribution is -0.123. The molecule has 2 aromatic carbocycles. The number of benzene rings is 2. The molecule has 0 fully saturated rings. The fourth-order valence-electron chi connectivity index (χ4n) is 3.30. The van der Waals surface area contributed by atoms with E-state index in [4.69, 9.17) is 16.6 Å². The van der Waals surface area contributed by atoms with E-state index in [0.717, 1.165) is 16.2 Å². The van der Waals surface area contributed by atoms with Crippen molar-refractivity contribution in [3.05, 3.63) is 81.5 Å². The number of anilines is 1. The molecule has 0 aliphatic carbocycles. The normalized spacial score (nSPS) is 13.4. The molecule has 0 bridgehead atoms. The quantitative estimate of drug-likeness (QED) is 0.611. The molecular weight excluding hydrogens is 418 g/mol. The van der Waals surface area contributed by atoms with Gasteiger partial charge in [-0.25, -0.2) is 4.99 Å². The van der Waals surface area contributed by atoms with Crippen LogP contribution < -0.4 is 10.2 Å². The van der Waals surface area contributed by atoms with Crippen molar-refractivity contribution in [3.63, 3.8) is 0 Å². The lowest BCUT2D eigenvalue weighted by Crippen LogP contribution is -2.41. The predicted molar refractivity (Wildman–Crippen MR) is 122 cm³/mol. The second kappa shape index (κ2) is 9.24. The van der Waals surface area contributed by atoms with Gasteiger partial charge < -0.3 is 10.2 Å². The highest BCUT2D eigenvalue weighted by molar-refractivity contribution is 7.12. The number of fused-ring (bicyclic) bond motifs is 1. The van der Waals surface area contributed by atoms with Gasteiger partial charge in [0.15, 0.2) is 0 Å². The zero-order valence-electron chi connectivity index (χ0n) is 16.2. The number of amides is 2. The largest absolute Gasteiger partial charge is 0.354 e. The van der Waals surface area contributed by atoms with E-state index < -0.39 is 0 Å². The summed E-state index contributed by atoms with van der Waals surface area (Å²) >= 11 is 7.45. The number of aliphatic imine (C=N–C) groups is 1. The van der Waals surface area contributed by atoms with Gasteiger partial charge in [-0.15, -0.1) is 11.3 Å². The molecule has 0 spiro atoms. The van der Waals surface area contributed by atoms with Crippen molar-refractivity contribution in [2.24, 2.45) is 4.99 Å². The zero-order chi connectivity index (χ0) is 20.9. The lowest BCUT2D eigenvalue weighted by atomic mass is 10.1. The fourth-order valence-corrected chi connectivity index (χ4v) is 4.14. The van der Waals surface area contributed by atoms with E-state index in [2.05, 4.69) is 5.32 Å². The average Bonchev–Trinajstić information content (AvgIpc) is 3.24. The molecule has 0 atom stereocenters. The van der Waals surface area contributed by atoms with Crippen LogP contribution in [0.1, 0.15) is 16.9 Å². The van der Waals surface area contributed by atoms with Gasteiger partial charge in [0.1, 0.15) is 6.54 Å². The van der Waals surface area contributed by atoms with Crippen LogP contribution in [0, 0.1) is 0 Å². The van der Waals surface area contributed by atoms with Gasteiger partial charge in [-0.3, -0.25) is 9.59 Å². The highest BCUT2D eigenvalue weighted by Gasteiger charge is 2.26. The molecule has 152 valence electrons. The number of carbonyl (C=O) groups is 2. The molecule has 30 heavy (non-hydrogen) atoms. The first-order valence-electron chi connectivity index (χ1n) is 9.62. The molecule has 2 amide bonds. The van der Waals surface area contributed by atoms with Crippen molar-refractivity contribution < 1.29 is 9.59 Å². The Hall–Kier alpha value is -2.96. The van der Waals surface area contributed by atoms with Crippen molar-refractivity contribution in [1.29, 1.82) is 0 Å². The molecule has 2 heterocycles. The highest BCUT2D eigenvalue weighted by Crippen LogP contribution is 2.33. The van der Waals surface area contributed by atoms with Crippen LogP contribution in [0.5, 0.6) is 0 Å². The average molecular weight is 438 g/mol. The molecule has 0 saturated carbocycles. The molecule has 0 unspecified atom stereocenters. The van der Waals surface area contributed by atoms with E-state index in [9.17, 15) is 9.59 Å². The third kappa shape index (κ3) is 4.78. The number of carbonyl (C=O) groups excluding carboxylic acids is 2. The van der Waals surface area contributed by atoms with Crippen LogP contribution in [-0.4, -0.2) is 30.6 Å². The highest BCUT2D eigenvalue weighted by atomic mass is 35.5. The summed E-state index contributed by atoms with van der Waals surface area (Å²) in [6, 6.07) is 18.9. The number of halogens is 1. The topological polar surface area (TPSA) is 61.8 Å². The summed E-state index contributed by atoms with van der Waals surface area (Å²) < 4.78 is 0. The summed E-state index contributed by atoms with van der Waals surface area (Å²) in [5.74, 6) is -0.341. The number of hydrogen-bond donors (Lipinski definition) is 1. The molecule has 1 aliphatic rings. The van der Waals surface area contributed by atoms with Crippen LogP contribution in [0.4, 0.5) is 11.4 Å². The first-order valence-corrected chi connectivity index (χ1v) is 10.9. The maximum Gasteiger partial charge on any atom is 0.240 e. The van der Waals surface area contributed by atoms with E-state index in [1.165, 1.54) is 4.90 Å². The maximum atomic E-state index is 13.0. The second-order valence-electron chi connectivity index (χ2n) is 6.91. The summed E-state index contributed by atoms with van der Waals surface area (Å²) in [5.41, 5.74) is 3.17. The summed E-state index contributed by atoms with van der Waals surface area (Å²) in [4.78, 5) is 32.8. The van der Waals surface area contributed by atoms with Crippen molar-refractivity contribution in [2.45, 2.75) is 12.8 Å². The Balaban J connectivity index is 1.44. The zero-order valence-corrected chi connectivity index (χ0v) is 17.7. The molecule has 7 heteroatoms. The van der Waals surface area contributed by atoms with Crippen molar-refractivity contribution in [3.8, 4) is 0 Å². The predicted octanol–water partition coefficient (Wildman–Crippen LogP) is 4.62. The molecule has 1 aliphatic heterocycles. The van der Waals surface area contributed by atoms with Crippen LogP contribution >= 0.6 is 22.9 Å². The first kappa shape index (κ1) is 20.3. The summed E-state index contributed by atoms with van der Waals surface area (Å²) in [6.07, 6.45) is 0.853. The Labute approximate surface area is 184 Å². The van der Waals surface area contributed by atoms with E-state index in [-0.39, 0.29) is 24.8 Å². The maximum absolute atomic E-state index is 13.0. The van der Waals surface area contributed by atoms with Gasteiger partial charge in [0.25, 0.3) is 0 Å². The Morgan fingerprint density at radius 1 is 1.10 bits per heavy atom. The minimum Gasteiger partial charge on any atom is -0.354 e. The SMILES string of the molecule is O=C(CN1C(=O)CC(c2cccs2)=Nc2ccccc21)NCCc1ccc(Cl)cc1. The van der Waals surface area contributed by atoms with Crippen LogP contribution in [0.15, 0.2) is 71.0 Å². The number of nitrogens with zero attached hydrogens (tertiary/aromatic N) is 2. The van der Waals surface area contributed by atoms with Crippen molar-refractivity contribution >= 4 is 51.8 Å². The van der Waals surface area contributed by atoms with Gasteiger partial charge in [-0.2, -0.15) is 0 Å². The molecule has 1 N–H and O–H groups in total. The molecule has 0 radical (unpaired) electrons. The Bertz CT molecular complexity index is 1080. The lowest BCUT2D eigenvalue weighted by Gasteiger charge is -2.21. The van der Waals surface area contributed by atoms with E-state index in [1.54, 1.807) is 11.3 Å². The minimum absolute atomic E-state index is 0.0380. The number of rotatable bonds is 6. The smallest absolute Gasteiger partial charge is 0.240 e. The van der Waals surface area contributed by atoms with Crippen LogP contribution in [-0.2, 0) is 16.0 Å². The molecule has 1 aromatic heterocycles. The minimum atomic E-state index is -0.202. The van der Waals surface area contributed by atoms with Crippen molar-refractivity contribution in [2.75, 3.05) is 18.0 Å². The van der Waals surface area contributed by atoms with E-state index in [1.807, 2.05) is 66.0 Å². The van der Waals surface area contributed by atoms with E-state index in [0.29, 0.717) is 29.4 Å². The van der Waals surface area contributed by atoms with Crippen molar-refractivity contribution in [1.82, 2.24) is 5.32 Å². The summed E-state index contributed by atoms with van der Waals surface area (Å²) in [6.45, 7) is 0.449. The monoisotopic (exact) mass is 437 g/mol. The van der Waals surface area contributed by atoms with Gasteiger partial charge in [-0.05, 0) is 47.7 Å². The van der Waals surface area contributed by atoms with Crippen LogP contribution in [0.3, 0.4) is 0 Å². The first-order chi connectivity index (χ1) is 14.6. The Morgan fingerprint density at radius 2 is 1.90 bits per heavy atom. The number of thiophene rings is 1. The fraction of sp³-hybridized carbons (Fsp3) is 0.174. The number of para-hydroxylation sites is 2. The molecule has 5 nitrogen and oxygen atoms in total. The summed E-state index contributed by atoms with van der Waals surface area (Å²) in [5, 5.41) is 5.55. The summed E-state index contributed by atoms with van der Waals surface area (Å²) in [7, 11) is 0. The number of nitrogens with one attached hydrogen (secondary N) is 1. The molecule has 0 saturated heterocycles.